The molecule has 1 heterocycles. The van der Waals surface area contributed by atoms with Crippen molar-refractivity contribution in [3.63, 3.8) is 0 Å². The molecule has 0 aromatic heterocycles. The molecule has 1 saturated carbocycles. The summed E-state index contributed by atoms with van der Waals surface area (Å²) < 4.78 is 5.48. The van der Waals surface area contributed by atoms with Gasteiger partial charge in [0, 0.05) is 19.6 Å². The Morgan fingerprint density at radius 3 is 3.04 bits per heavy atom. The number of nitrogens with zero attached hydrogens (tertiary/aromatic N) is 1. The number of carbonyl (C=O) groups is 1. The zero-order valence-corrected chi connectivity index (χ0v) is 13.9. The number of likely N-dealkylation sites (tertiary alicyclic amines) is 1. The summed E-state index contributed by atoms with van der Waals surface area (Å²) in [6.07, 6.45) is 4.54. The molecule has 0 radical (unpaired) electrons. The molecule has 1 aliphatic carbocycles. The van der Waals surface area contributed by atoms with Gasteiger partial charge in [0.2, 0.25) is 0 Å². The lowest BCUT2D eigenvalue weighted by Crippen LogP contribution is -2.35. The average molecular weight is 336 g/mol. The molecule has 0 bridgehead atoms. The lowest BCUT2D eigenvalue weighted by molar-refractivity contribution is -0.149. The fourth-order valence-corrected chi connectivity index (χ4v) is 4.29. The van der Waals surface area contributed by atoms with Crippen LogP contribution in [0.25, 0.3) is 0 Å². The molecular formula is C18H22ClNO3. The van der Waals surface area contributed by atoms with Crippen molar-refractivity contribution in [1.82, 2.24) is 4.90 Å². The van der Waals surface area contributed by atoms with Gasteiger partial charge in [0.25, 0.3) is 0 Å². The van der Waals surface area contributed by atoms with E-state index in [1.165, 1.54) is 0 Å². The Bertz CT molecular complexity index is 618. The molecule has 1 aromatic carbocycles. The smallest absolute Gasteiger partial charge is 0.311 e. The van der Waals surface area contributed by atoms with E-state index < -0.39 is 11.4 Å². The van der Waals surface area contributed by atoms with E-state index in [-0.39, 0.29) is 5.92 Å². The van der Waals surface area contributed by atoms with Crippen molar-refractivity contribution >= 4 is 17.6 Å². The van der Waals surface area contributed by atoms with Crippen LogP contribution in [-0.2, 0) is 11.3 Å². The number of aliphatic carboxylic acids is 1. The normalized spacial score (nSPS) is 26.9. The number of carboxylic acids is 1. The minimum Gasteiger partial charge on any atom is -0.488 e. The fraction of sp³-hybridized carbons (Fsp3) is 0.500. The highest BCUT2D eigenvalue weighted by Crippen LogP contribution is 2.49. The molecule has 0 unspecified atom stereocenters. The molecule has 2 atom stereocenters. The van der Waals surface area contributed by atoms with E-state index in [0.717, 1.165) is 37.9 Å². The molecule has 124 valence electrons. The van der Waals surface area contributed by atoms with Gasteiger partial charge in [0.15, 0.2) is 0 Å². The van der Waals surface area contributed by atoms with Crippen LogP contribution in [0.5, 0.6) is 5.75 Å². The lowest BCUT2D eigenvalue weighted by Gasteiger charge is -2.23. The SMILES string of the molecule is C=CCOc1ccc(CN2C[C@@H]3CCC[C@@]3(C(=O)O)C2)cc1Cl. The Labute approximate surface area is 141 Å². The highest BCUT2D eigenvalue weighted by atomic mass is 35.5. The number of benzene rings is 1. The molecule has 4 nitrogen and oxygen atoms in total. The third-order valence-electron chi connectivity index (χ3n) is 5.13. The molecule has 1 aromatic rings. The minimum absolute atomic E-state index is 0.283. The third-order valence-corrected chi connectivity index (χ3v) is 5.42. The Balaban J connectivity index is 1.68. The first-order valence-electron chi connectivity index (χ1n) is 8.03. The minimum atomic E-state index is -0.631. The van der Waals surface area contributed by atoms with Crippen LogP contribution in [0.2, 0.25) is 5.02 Å². The summed E-state index contributed by atoms with van der Waals surface area (Å²) in [6.45, 7) is 6.27. The lowest BCUT2D eigenvalue weighted by atomic mass is 9.81. The van der Waals surface area contributed by atoms with Gasteiger partial charge in [-0.05, 0) is 36.5 Å². The number of ether oxygens (including phenoxy) is 1. The summed E-state index contributed by atoms with van der Waals surface area (Å²) in [5, 5.41) is 10.2. The van der Waals surface area contributed by atoms with Gasteiger partial charge in [-0.2, -0.15) is 0 Å². The second-order valence-corrected chi connectivity index (χ2v) is 6.99. The zero-order valence-electron chi connectivity index (χ0n) is 13.1. The molecule has 2 fully saturated rings. The van der Waals surface area contributed by atoms with Gasteiger partial charge in [0.1, 0.15) is 12.4 Å². The van der Waals surface area contributed by atoms with Crippen LogP contribution in [0.4, 0.5) is 0 Å². The molecule has 2 aliphatic rings. The van der Waals surface area contributed by atoms with Crippen LogP contribution in [0.3, 0.4) is 0 Å². The monoisotopic (exact) mass is 335 g/mol. The first kappa shape index (κ1) is 16.3. The van der Waals surface area contributed by atoms with Gasteiger partial charge >= 0.3 is 5.97 Å². The topological polar surface area (TPSA) is 49.8 Å². The molecule has 1 saturated heterocycles. The standard InChI is InChI=1S/C18H22ClNO3/c1-2-8-23-16-6-5-13(9-15(16)19)10-20-11-14-4-3-7-18(14,12-20)17(21)22/h2,5-6,9,14H,1,3-4,7-8,10-12H2,(H,21,22)/t14-,18+/m0/s1. The predicted octanol–water partition coefficient (Wildman–Crippen LogP) is 3.59. The molecular weight excluding hydrogens is 314 g/mol. The zero-order chi connectivity index (χ0) is 16.4. The number of hydrogen-bond donors (Lipinski definition) is 1. The van der Waals surface area contributed by atoms with Crippen molar-refractivity contribution in [2.75, 3.05) is 19.7 Å². The summed E-state index contributed by atoms with van der Waals surface area (Å²) in [4.78, 5) is 14.0. The van der Waals surface area contributed by atoms with E-state index in [1.54, 1.807) is 6.08 Å². The number of rotatable bonds is 6. The van der Waals surface area contributed by atoms with Gasteiger partial charge in [0.05, 0.1) is 10.4 Å². The van der Waals surface area contributed by atoms with Gasteiger partial charge in [-0.25, -0.2) is 0 Å². The molecule has 23 heavy (non-hydrogen) atoms. The van der Waals surface area contributed by atoms with Gasteiger partial charge in [-0.3, -0.25) is 9.69 Å². The van der Waals surface area contributed by atoms with E-state index >= 15 is 0 Å². The Morgan fingerprint density at radius 1 is 1.57 bits per heavy atom. The first-order chi connectivity index (χ1) is 11.0. The molecule has 5 heteroatoms. The van der Waals surface area contributed by atoms with Crippen molar-refractivity contribution in [3.8, 4) is 5.75 Å². The third kappa shape index (κ3) is 3.10. The van der Waals surface area contributed by atoms with E-state index in [0.29, 0.717) is 23.9 Å². The molecule has 1 aliphatic heterocycles. The largest absolute Gasteiger partial charge is 0.488 e. The highest BCUT2D eigenvalue weighted by Gasteiger charge is 2.54. The first-order valence-corrected chi connectivity index (χ1v) is 8.41. The van der Waals surface area contributed by atoms with Crippen molar-refractivity contribution in [1.29, 1.82) is 0 Å². The number of halogens is 1. The summed E-state index contributed by atoms with van der Waals surface area (Å²) in [6, 6.07) is 5.76. The van der Waals surface area contributed by atoms with Crippen molar-refractivity contribution in [2.45, 2.75) is 25.8 Å². The van der Waals surface area contributed by atoms with Crippen LogP contribution >= 0.6 is 11.6 Å². The van der Waals surface area contributed by atoms with Crippen LogP contribution in [0.15, 0.2) is 30.9 Å². The van der Waals surface area contributed by atoms with Gasteiger partial charge in [-0.1, -0.05) is 36.7 Å². The second kappa shape index (κ2) is 6.54. The molecule has 3 rings (SSSR count). The molecule has 1 N–H and O–H groups in total. The van der Waals surface area contributed by atoms with Crippen molar-refractivity contribution in [2.24, 2.45) is 11.3 Å². The fourth-order valence-electron chi connectivity index (χ4n) is 4.03. The second-order valence-electron chi connectivity index (χ2n) is 6.58. The summed E-state index contributed by atoms with van der Waals surface area (Å²) >= 11 is 6.25. The highest BCUT2D eigenvalue weighted by molar-refractivity contribution is 6.32. The summed E-state index contributed by atoms with van der Waals surface area (Å²) in [5.41, 5.74) is 0.554. The Kier molecular flexibility index (Phi) is 4.64. The summed E-state index contributed by atoms with van der Waals surface area (Å²) in [7, 11) is 0. The molecule has 0 amide bonds. The van der Waals surface area contributed by atoms with Crippen LogP contribution in [0, 0.1) is 11.3 Å². The maximum Gasteiger partial charge on any atom is 0.311 e. The van der Waals surface area contributed by atoms with E-state index in [2.05, 4.69) is 11.5 Å². The Hall–Kier alpha value is -1.52. The van der Waals surface area contributed by atoms with Gasteiger partial charge in [-0.15, -0.1) is 0 Å². The number of hydrogen-bond acceptors (Lipinski definition) is 3. The van der Waals surface area contributed by atoms with Crippen LogP contribution in [-0.4, -0.2) is 35.7 Å². The maximum atomic E-state index is 11.7. The van der Waals surface area contributed by atoms with E-state index in [4.69, 9.17) is 16.3 Å². The van der Waals surface area contributed by atoms with Crippen LogP contribution in [0.1, 0.15) is 24.8 Å². The maximum absolute atomic E-state index is 11.7. The average Bonchev–Trinajstić information content (AvgIpc) is 3.04. The quantitative estimate of drug-likeness (QED) is 0.807. The Morgan fingerprint density at radius 2 is 2.39 bits per heavy atom. The number of fused-ring (bicyclic) bond motifs is 1. The van der Waals surface area contributed by atoms with E-state index in [1.807, 2.05) is 18.2 Å². The van der Waals surface area contributed by atoms with Gasteiger partial charge < -0.3 is 9.84 Å². The summed E-state index contributed by atoms with van der Waals surface area (Å²) in [5.74, 6) is 0.301. The van der Waals surface area contributed by atoms with Crippen molar-refractivity contribution in [3.05, 3.63) is 41.4 Å². The van der Waals surface area contributed by atoms with Crippen molar-refractivity contribution < 1.29 is 14.6 Å². The predicted molar refractivity (Wildman–Crippen MR) is 89.8 cm³/mol. The van der Waals surface area contributed by atoms with E-state index in [9.17, 15) is 9.90 Å². The molecule has 0 spiro atoms. The van der Waals surface area contributed by atoms with Crippen LogP contribution < -0.4 is 4.74 Å². The number of carboxylic acid groups (broad SMARTS) is 1.